The summed E-state index contributed by atoms with van der Waals surface area (Å²) in [5.74, 6) is -0.690. The molecular weight excluding hydrogens is 367 g/mol. The molecule has 0 aromatic heterocycles. The van der Waals surface area contributed by atoms with Crippen molar-refractivity contribution in [2.75, 3.05) is 26.2 Å². The van der Waals surface area contributed by atoms with Crippen molar-refractivity contribution in [1.82, 2.24) is 10.2 Å². The third kappa shape index (κ3) is 5.74. The predicted octanol–water partition coefficient (Wildman–Crippen LogP) is 4.22. The van der Waals surface area contributed by atoms with Gasteiger partial charge in [-0.3, -0.25) is 4.90 Å². The molecule has 128 valence electrons. The number of rotatable bonds is 3. The minimum Gasteiger partial charge on any atom is -0.314 e. The summed E-state index contributed by atoms with van der Waals surface area (Å²) in [6.45, 7) is 2.04. The second-order valence-electron chi connectivity index (χ2n) is 4.76. The molecule has 0 bridgehead atoms. The monoisotopic (exact) mass is 382 g/mol. The Morgan fingerprint density at radius 2 is 1.77 bits per heavy atom. The van der Waals surface area contributed by atoms with Crippen molar-refractivity contribution in [3.05, 3.63) is 34.6 Å². The molecule has 0 saturated carbocycles. The number of nitrogens with one attached hydrogen (secondary N) is 1. The van der Waals surface area contributed by atoms with Gasteiger partial charge in [-0.15, -0.1) is 24.8 Å². The maximum atomic E-state index is 13.9. The summed E-state index contributed by atoms with van der Waals surface area (Å²) in [6.07, 6.45) is -5.48. The molecule has 0 unspecified atom stereocenters. The summed E-state index contributed by atoms with van der Waals surface area (Å²) in [5.41, 5.74) is -0.0617. The quantitative estimate of drug-likeness (QED) is 0.786. The van der Waals surface area contributed by atoms with Crippen LogP contribution in [-0.2, 0) is 0 Å². The highest BCUT2D eigenvalue weighted by atomic mass is 35.5. The van der Waals surface area contributed by atoms with Gasteiger partial charge in [0.2, 0.25) is 0 Å². The molecule has 1 N–H and O–H groups in total. The number of halogens is 7. The zero-order valence-electron chi connectivity index (χ0n) is 11.5. The van der Waals surface area contributed by atoms with E-state index in [1.54, 1.807) is 4.90 Å². The zero-order valence-corrected chi connectivity index (χ0v) is 13.9. The van der Waals surface area contributed by atoms with E-state index >= 15 is 0 Å². The van der Waals surface area contributed by atoms with Crippen LogP contribution in [0.5, 0.6) is 0 Å². The first-order chi connectivity index (χ1) is 9.38. The van der Waals surface area contributed by atoms with Gasteiger partial charge in [-0.2, -0.15) is 13.2 Å². The average molecular weight is 384 g/mol. The normalized spacial score (nSPS) is 17.3. The van der Waals surface area contributed by atoms with Gasteiger partial charge in [-0.05, 0) is 12.1 Å². The summed E-state index contributed by atoms with van der Waals surface area (Å²) in [4.78, 5) is 1.63. The summed E-state index contributed by atoms with van der Waals surface area (Å²) in [5, 5.41) is 3.10. The molecule has 22 heavy (non-hydrogen) atoms. The Hall–Kier alpha value is -0.270. The Kier molecular flexibility index (Phi) is 9.02. The minimum atomic E-state index is -4.37. The summed E-state index contributed by atoms with van der Waals surface area (Å²) < 4.78 is 52.3. The van der Waals surface area contributed by atoms with E-state index < -0.39 is 24.5 Å². The number of hydrogen-bond acceptors (Lipinski definition) is 2. The summed E-state index contributed by atoms with van der Waals surface area (Å²) in [7, 11) is 0. The Balaban J connectivity index is 0.00000220. The topological polar surface area (TPSA) is 15.3 Å². The molecule has 1 aliphatic heterocycles. The predicted molar refractivity (Wildman–Crippen MR) is 83.8 cm³/mol. The van der Waals surface area contributed by atoms with Crippen LogP contribution in [-0.4, -0.2) is 37.3 Å². The fraction of sp³-hybridized carbons (Fsp3) is 0.538. The fourth-order valence-corrected chi connectivity index (χ4v) is 2.74. The fourth-order valence-electron chi connectivity index (χ4n) is 2.46. The van der Waals surface area contributed by atoms with Gasteiger partial charge in [0.25, 0.3) is 0 Å². The highest BCUT2D eigenvalue weighted by Gasteiger charge is 2.37. The van der Waals surface area contributed by atoms with Crippen molar-refractivity contribution in [3.63, 3.8) is 0 Å². The molecule has 0 spiro atoms. The van der Waals surface area contributed by atoms with E-state index in [9.17, 15) is 17.6 Å². The Morgan fingerprint density at radius 3 is 2.27 bits per heavy atom. The first kappa shape index (κ1) is 21.7. The SMILES string of the molecule is Cl.Cl.Fc1cccc(Cl)c1[C@@H](CC(F)(F)F)N1CCNCC1. The largest absolute Gasteiger partial charge is 0.390 e. The molecule has 1 aliphatic rings. The lowest BCUT2D eigenvalue weighted by Crippen LogP contribution is -2.46. The van der Waals surface area contributed by atoms with Gasteiger partial charge in [0, 0.05) is 42.8 Å². The minimum absolute atomic E-state index is 0. The van der Waals surface area contributed by atoms with E-state index in [-0.39, 0.29) is 35.4 Å². The van der Waals surface area contributed by atoms with E-state index in [1.807, 2.05) is 0 Å². The van der Waals surface area contributed by atoms with Crippen molar-refractivity contribution >= 4 is 36.4 Å². The molecule has 1 aromatic rings. The van der Waals surface area contributed by atoms with Crippen LogP contribution >= 0.6 is 36.4 Å². The maximum Gasteiger partial charge on any atom is 0.390 e. The standard InChI is InChI=1S/C13H15ClF4N2.2ClH/c14-9-2-1-3-10(15)12(9)11(8-13(16,17)18)20-6-4-19-5-7-20;;/h1-3,11,19H,4-8H2;2*1H/t11-;;/m1../s1. The molecule has 2 rings (SSSR count). The van der Waals surface area contributed by atoms with E-state index in [2.05, 4.69) is 5.32 Å². The molecule has 1 aromatic carbocycles. The van der Waals surface area contributed by atoms with E-state index in [0.717, 1.165) is 6.07 Å². The van der Waals surface area contributed by atoms with Crippen LogP contribution in [0.25, 0.3) is 0 Å². The second-order valence-corrected chi connectivity index (χ2v) is 5.16. The van der Waals surface area contributed by atoms with E-state index in [1.165, 1.54) is 12.1 Å². The molecule has 0 amide bonds. The Morgan fingerprint density at radius 1 is 1.18 bits per heavy atom. The number of piperazine rings is 1. The lowest BCUT2D eigenvalue weighted by atomic mass is 10.00. The van der Waals surface area contributed by atoms with Crippen LogP contribution in [0.2, 0.25) is 5.02 Å². The molecule has 1 saturated heterocycles. The molecule has 2 nitrogen and oxygen atoms in total. The van der Waals surface area contributed by atoms with Gasteiger partial charge in [0.05, 0.1) is 6.42 Å². The molecule has 0 aliphatic carbocycles. The highest BCUT2D eigenvalue weighted by Crippen LogP contribution is 2.38. The van der Waals surface area contributed by atoms with Crippen molar-refractivity contribution in [3.8, 4) is 0 Å². The van der Waals surface area contributed by atoms with Gasteiger partial charge in [0.15, 0.2) is 0 Å². The van der Waals surface area contributed by atoms with Gasteiger partial charge in [-0.1, -0.05) is 17.7 Å². The van der Waals surface area contributed by atoms with Gasteiger partial charge in [0.1, 0.15) is 5.82 Å². The van der Waals surface area contributed by atoms with Crippen molar-refractivity contribution < 1.29 is 17.6 Å². The molecular formula is C13H17Cl3F4N2. The maximum absolute atomic E-state index is 13.9. The summed E-state index contributed by atoms with van der Waals surface area (Å²) >= 11 is 5.92. The zero-order chi connectivity index (χ0) is 14.8. The summed E-state index contributed by atoms with van der Waals surface area (Å²) in [6, 6.07) is 2.88. The van der Waals surface area contributed by atoms with E-state index in [0.29, 0.717) is 26.2 Å². The van der Waals surface area contributed by atoms with Crippen LogP contribution < -0.4 is 5.32 Å². The third-order valence-corrected chi connectivity index (χ3v) is 3.68. The van der Waals surface area contributed by atoms with Crippen molar-refractivity contribution in [1.29, 1.82) is 0 Å². The number of alkyl halides is 3. The molecule has 1 fully saturated rings. The van der Waals surface area contributed by atoms with Gasteiger partial charge in [-0.25, -0.2) is 4.39 Å². The smallest absolute Gasteiger partial charge is 0.314 e. The molecule has 9 heteroatoms. The lowest BCUT2D eigenvalue weighted by molar-refractivity contribution is -0.149. The second kappa shape index (κ2) is 9.13. The van der Waals surface area contributed by atoms with Crippen LogP contribution in [0.15, 0.2) is 18.2 Å². The van der Waals surface area contributed by atoms with Gasteiger partial charge >= 0.3 is 6.18 Å². The lowest BCUT2D eigenvalue weighted by Gasteiger charge is -2.36. The molecule has 1 atom stereocenters. The van der Waals surface area contributed by atoms with Crippen LogP contribution in [0.3, 0.4) is 0 Å². The van der Waals surface area contributed by atoms with Crippen LogP contribution in [0.1, 0.15) is 18.0 Å². The van der Waals surface area contributed by atoms with Crippen molar-refractivity contribution in [2.24, 2.45) is 0 Å². The average Bonchev–Trinajstić information content (AvgIpc) is 2.37. The van der Waals surface area contributed by atoms with E-state index in [4.69, 9.17) is 11.6 Å². The van der Waals surface area contributed by atoms with Crippen LogP contribution in [0.4, 0.5) is 17.6 Å². The third-order valence-electron chi connectivity index (χ3n) is 3.35. The number of nitrogens with zero attached hydrogens (tertiary/aromatic N) is 1. The first-order valence-electron chi connectivity index (χ1n) is 6.34. The highest BCUT2D eigenvalue weighted by molar-refractivity contribution is 6.31. The Bertz CT molecular complexity index is 445. The van der Waals surface area contributed by atoms with Crippen molar-refractivity contribution in [2.45, 2.75) is 18.6 Å². The Labute approximate surface area is 144 Å². The molecule has 0 radical (unpaired) electrons. The first-order valence-corrected chi connectivity index (χ1v) is 6.72. The van der Waals surface area contributed by atoms with Gasteiger partial charge < -0.3 is 5.32 Å². The number of benzene rings is 1. The molecule has 1 heterocycles. The number of hydrogen-bond donors (Lipinski definition) is 1. The van der Waals surface area contributed by atoms with Crippen LogP contribution in [0, 0.1) is 5.82 Å².